The molecular weight excluding hydrogens is 262 g/mol. The topological polar surface area (TPSA) is 37.8 Å². The quantitative estimate of drug-likeness (QED) is 0.917. The summed E-state index contributed by atoms with van der Waals surface area (Å²) in [6.45, 7) is 7.30. The van der Waals surface area contributed by atoms with E-state index in [2.05, 4.69) is 26.1 Å². The van der Waals surface area contributed by atoms with Crippen molar-refractivity contribution in [2.75, 3.05) is 29.1 Å². The highest BCUT2D eigenvalue weighted by Crippen LogP contribution is 2.36. The molecule has 2 heterocycles. The van der Waals surface area contributed by atoms with Crippen molar-refractivity contribution in [2.24, 2.45) is 0 Å². The lowest BCUT2D eigenvalue weighted by Crippen LogP contribution is -2.14. The molecule has 1 N–H and O–H groups in total. The summed E-state index contributed by atoms with van der Waals surface area (Å²) in [6, 6.07) is 0. The third-order valence-electron chi connectivity index (χ3n) is 3.05. The van der Waals surface area contributed by atoms with Gasteiger partial charge in [-0.15, -0.1) is 11.8 Å². The summed E-state index contributed by atoms with van der Waals surface area (Å²) < 4.78 is 0. The lowest BCUT2D eigenvalue weighted by molar-refractivity contribution is 0.863. The van der Waals surface area contributed by atoms with Crippen LogP contribution in [0.1, 0.15) is 36.2 Å². The van der Waals surface area contributed by atoms with E-state index in [4.69, 9.17) is 9.97 Å². The standard InChI is InChI=1S/C13H21N3S2/c1-4-10-9(3)12(14-5-2)16-13(15-10)11-8-17-6-7-18-11/h11H,4-8H2,1-3H3,(H,14,15,16). The monoisotopic (exact) mass is 283 g/mol. The summed E-state index contributed by atoms with van der Waals surface area (Å²) in [4.78, 5) is 9.51. The molecular formula is C13H21N3S2. The molecule has 1 atom stereocenters. The summed E-state index contributed by atoms with van der Waals surface area (Å²) in [5.41, 5.74) is 2.39. The van der Waals surface area contributed by atoms with Crippen LogP contribution in [0.3, 0.4) is 0 Å². The summed E-state index contributed by atoms with van der Waals surface area (Å²) in [6.07, 6.45) is 0.976. The van der Waals surface area contributed by atoms with Crippen molar-refractivity contribution in [2.45, 2.75) is 32.4 Å². The molecule has 1 aromatic rings. The van der Waals surface area contributed by atoms with Gasteiger partial charge in [0.15, 0.2) is 0 Å². The average molecular weight is 283 g/mol. The highest BCUT2D eigenvalue weighted by Gasteiger charge is 2.21. The van der Waals surface area contributed by atoms with Crippen molar-refractivity contribution in [3.63, 3.8) is 0 Å². The minimum absolute atomic E-state index is 0.465. The Hall–Kier alpha value is -0.420. The van der Waals surface area contributed by atoms with E-state index in [0.717, 1.165) is 30.4 Å². The van der Waals surface area contributed by atoms with E-state index in [0.29, 0.717) is 5.25 Å². The molecule has 0 bridgehead atoms. The van der Waals surface area contributed by atoms with Gasteiger partial charge in [-0.1, -0.05) is 6.92 Å². The molecule has 0 amide bonds. The number of thioether (sulfide) groups is 2. The van der Waals surface area contributed by atoms with Gasteiger partial charge in [-0.3, -0.25) is 0 Å². The van der Waals surface area contributed by atoms with E-state index in [9.17, 15) is 0 Å². The first-order valence-electron chi connectivity index (χ1n) is 6.56. The number of hydrogen-bond donors (Lipinski definition) is 1. The second kappa shape index (κ2) is 6.66. The summed E-state index contributed by atoms with van der Waals surface area (Å²) in [5, 5.41) is 3.83. The van der Waals surface area contributed by atoms with Crippen LogP contribution in [-0.4, -0.2) is 33.8 Å². The molecule has 1 aliphatic heterocycles. The van der Waals surface area contributed by atoms with Crippen LogP contribution >= 0.6 is 23.5 Å². The molecule has 0 aromatic carbocycles. The number of aromatic nitrogens is 2. The smallest absolute Gasteiger partial charge is 0.144 e. The van der Waals surface area contributed by atoms with Crippen molar-refractivity contribution in [3.05, 3.63) is 17.1 Å². The number of nitrogens with one attached hydrogen (secondary N) is 1. The first kappa shape index (κ1) is 14.0. The molecule has 0 saturated carbocycles. The van der Waals surface area contributed by atoms with Gasteiger partial charge in [0.25, 0.3) is 0 Å². The van der Waals surface area contributed by atoms with Crippen LogP contribution in [0.2, 0.25) is 0 Å². The Bertz CT molecular complexity index is 403. The third-order valence-corrected chi connectivity index (χ3v) is 5.80. The summed E-state index contributed by atoms with van der Waals surface area (Å²) >= 11 is 4.01. The second-order valence-electron chi connectivity index (χ2n) is 4.32. The lowest BCUT2D eigenvalue weighted by atomic mass is 10.2. The molecule has 0 radical (unpaired) electrons. The van der Waals surface area contributed by atoms with Gasteiger partial charge in [0, 0.05) is 35.1 Å². The van der Waals surface area contributed by atoms with Crippen LogP contribution in [0.25, 0.3) is 0 Å². The maximum Gasteiger partial charge on any atom is 0.144 e. The second-order valence-corrected chi connectivity index (χ2v) is 6.78. The third kappa shape index (κ3) is 3.12. The fraction of sp³-hybridized carbons (Fsp3) is 0.692. The molecule has 3 nitrogen and oxygen atoms in total. The normalized spacial score (nSPS) is 19.8. The van der Waals surface area contributed by atoms with Gasteiger partial charge in [0.2, 0.25) is 0 Å². The van der Waals surface area contributed by atoms with Crippen LogP contribution in [0.5, 0.6) is 0 Å². The highest BCUT2D eigenvalue weighted by molar-refractivity contribution is 8.06. The Morgan fingerprint density at radius 2 is 2.11 bits per heavy atom. The van der Waals surface area contributed by atoms with E-state index >= 15 is 0 Å². The van der Waals surface area contributed by atoms with Gasteiger partial charge in [0.1, 0.15) is 11.6 Å². The first-order valence-corrected chi connectivity index (χ1v) is 8.77. The fourth-order valence-electron chi connectivity index (χ4n) is 2.05. The number of hydrogen-bond acceptors (Lipinski definition) is 5. The van der Waals surface area contributed by atoms with Crippen molar-refractivity contribution < 1.29 is 0 Å². The van der Waals surface area contributed by atoms with Crippen molar-refractivity contribution >= 4 is 29.3 Å². The number of anilines is 1. The maximum atomic E-state index is 4.77. The van der Waals surface area contributed by atoms with E-state index < -0.39 is 0 Å². The van der Waals surface area contributed by atoms with Crippen LogP contribution < -0.4 is 5.32 Å². The largest absolute Gasteiger partial charge is 0.370 e. The van der Waals surface area contributed by atoms with Crippen molar-refractivity contribution in [3.8, 4) is 0 Å². The van der Waals surface area contributed by atoms with Crippen molar-refractivity contribution in [1.29, 1.82) is 0 Å². The Morgan fingerprint density at radius 3 is 2.72 bits per heavy atom. The first-order chi connectivity index (χ1) is 8.76. The molecule has 18 heavy (non-hydrogen) atoms. The summed E-state index contributed by atoms with van der Waals surface area (Å²) in [7, 11) is 0. The molecule has 5 heteroatoms. The number of aryl methyl sites for hydroxylation is 1. The van der Waals surface area contributed by atoms with Crippen molar-refractivity contribution in [1.82, 2.24) is 9.97 Å². The van der Waals surface area contributed by atoms with Crippen LogP contribution in [0.15, 0.2) is 0 Å². The van der Waals surface area contributed by atoms with Gasteiger partial charge < -0.3 is 5.32 Å². The van der Waals surface area contributed by atoms with E-state index in [-0.39, 0.29) is 0 Å². The zero-order valence-corrected chi connectivity index (χ0v) is 13.0. The summed E-state index contributed by atoms with van der Waals surface area (Å²) in [5.74, 6) is 5.65. The van der Waals surface area contributed by atoms with Crippen LogP contribution in [-0.2, 0) is 6.42 Å². The Morgan fingerprint density at radius 1 is 1.28 bits per heavy atom. The zero-order chi connectivity index (χ0) is 13.0. The maximum absolute atomic E-state index is 4.77. The van der Waals surface area contributed by atoms with E-state index in [1.165, 1.54) is 22.8 Å². The van der Waals surface area contributed by atoms with E-state index in [1.807, 2.05) is 23.5 Å². The Balaban J connectivity index is 2.31. The Kier molecular flexibility index (Phi) is 5.18. The van der Waals surface area contributed by atoms with Gasteiger partial charge >= 0.3 is 0 Å². The molecule has 0 spiro atoms. The number of nitrogens with zero attached hydrogens (tertiary/aromatic N) is 2. The average Bonchev–Trinajstić information content (AvgIpc) is 2.42. The SMILES string of the molecule is CCNc1nc(C2CSCCS2)nc(CC)c1C. The molecule has 1 fully saturated rings. The van der Waals surface area contributed by atoms with Gasteiger partial charge in [-0.05, 0) is 20.3 Å². The Labute approximate surface area is 118 Å². The van der Waals surface area contributed by atoms with Crippen LogP contribution in [0, 0.1) is 6.92 Å². The minimum Gasteiger partial charge on any atom is -0.370 e. The van der Waals surface area contributed by atoms with E-state index in [1.54, 1.807) is 0 Å². The van der Waals surface area contributed by atoms with Crippen LogP contribution in [0.4, 0.5) is 5.82 Å². The predicted octanol–water partition coefficient (Wildman–Crippen LogP) is 3.30. The van der Waals surface area contributed by atoms with Gasteiger partial charge in [-0.2, -0.15) is 11.8 Å². The van der Waals surface area contributed by atoms with Gasteiger partial charge in [-0.25, -0.2) is 9.97 Å². The molecule has 2 rings (SSSR count). The van der Waals surface area contributed by atoms with Gasteiger partial charge in [0.05, 0.1) is 5.25 Å². The number of rotatable bonds is 4. The highest BCUT2D eigenvalue weighted by atomic mass is 32.2. The lowest BCUT2D eigenvalue weighted by Gasteiger charge is -2.21. The molecule has 1 saturated heterocycles. The minimum atomic E-state index is 0.465. The molecule has 100 valence electrons. The molecule has 1 aromatic heterocycles. The zero-order valence-electron chi connectivity index (χ0n) is 11.3. The molecule has 0 aliphatic carbocycles. The fourth-order valence-corrected chi connectivity index (χ4v) is 4.65. The molecule has 1 unspecified atom stereocenters. The predicted molar refractivity (Wildman–Crippen MR) is 82.8 cm³/mol. The molecule has 1 aliphatic rings.